The highest BCUT2D eigenvalue weighted by Gasteiger charge is 2.24. The number of amides is 1. The number of rotatable bonds is 5. The predicted molar refractivity (Wildman–Crippen MR) is 111 cm³/mol. The molecule has 2 aromatic rings. The zero-order valence-electron chi connectivity index (χ0n) is 13.6. The van der Waals surface area contributed by atoms with E-state index < -0.39 is 15.0 Å². The highest BCUT2D eigenvalue weighted by Crippen LogP contribution is 2.32. The van der Waals surface area contributed by atoms with E-state index in [4.69, 9.17) is 16.4 Å². The van der Waals surface area contributed by atoms with Crippen LogP contribution in [0.1, 0.15) is 5.56 Å². The molecule has 2 aromatic carbocycles. The third-order valence-electron chi connectivity index (χ3n) is 3.44. The Labute approximate surface area is 177 Å². The molecular weight excluding hydrogens is 492 g/mol. The van der Waals surface area contributed by atoms with E-state index in [-0.39, 0.29) is 22.2 Å². The number of benzene rings is 2. The molecule has 8 nitrogen and oxygen atoms in total. The van der Waals surface area contributed by atoms with Gasteiger partial charge in [0, 0.05) is 22.2 Å². The van der Waals surface area contributed by atoms with Crippen LogP contribution in [0.5, 0.6) is 5.75 Å². The van der Waals surface area contributed by atoms with E-state index in [2.05, 4.69) is 21.2 Å². The fourth-order valence-electron chi connectivity index (χ4n) is 2.17. The van der Waals surface area contributed by atoms with Crippen molar-refractivity contribution in [3.63, 3.8) is 0 Å². The van der Waals surface area contributed by atoms with Gasteiger partial charge in [-0.15, -0.1) is 0 Å². The van der Waals surface area contributed by atoms with Gasteiger partial charge in [0.05, 0.1) is 9.83 Å². The van der Waals surface area contributed by atoms with Crippen molar-refractivity contribution < 1.29 is 22.3 Å². The first-order valence-corrected chi connectivity index (χ1v) is 10.8. The zero-order chi connectivity index (χ0) is 20.5. The second-order valence-corrected chi connectivity index (χ2v) is 9.50. The SMILES string of the molecule is O=C1NC(=S)S/C1=C\c1cc(Br)ccc1OS(=O)(=O)c1ccc([N+](=O)[O-])cc1. The first-order chi connectivity index (χ1) is 13.2. The summed E-state index contributed by atoms with van der Waals surface area (Å²) >= 11 is 9.27. The Hall–Kier alpha value is -2.28. The van der Waals surface area contributed by atoms with Crippen LogP contribution in [0, 0.1) is 10.1 Å². The Bertz CT molecular complexity index is 1130. The molecule has 3 rings (SSSR count). The molecule has 1 saturated heterocycles. The number of hydrogen-bond acceptors (Lipinski definition) is 8. The molecule has 0 atom stereocenters. The van der Waals surface area contributed by atoms with Crippen LogP contribution in [-0.4, -0.2) is 23.6 Å². The van der Waals surface area contributed by atoms with Gasteiger partial charge in [0.25, 0.3) is 11.6 Å². The van der Waals surface area contributed by atoms with Gasteiger partial charge in [0.15, 0.2) is 0 Å². The molecular formula is C16H9BrN2O6S3. The van der Waals surface area contributed by atoms with Crippen LogP contribution < -0.4 is 9.50 Å². The fraction of sp³-hybridized carbons (Fsp3) is 0. The van der Waals surface area contributed by atoms with Crippen molar-refractivity contribution in [2.45, 2.75) is 4.90 Å². The molecule has 12 heteroatoms. The Kier molecular flexibility index (Phi) is 5.84. The number of thiocarbonyl (C=S) groups is 1. The smallest absolute Gasteiger partial charge is 0.339 e. The maximum atomic E-state index is 12.5. The van der Waals surface area contributed by atoms with Crippen molar-refractivity contribution in [2.75, 3.05) is 0 Å². The number of hydrogen-bond donors (Lipinski definition) is 1. The minimum atomic E-state index is -4.25. The molecule has 0 spiro atoms. The van der Waals surface area contributed by atoms with Gasteiger partial charge in [-0.05, 0) is 36.4 Å². The highest BCUT2D eigenvalue weighted by atomic mass is 79.9. The molecule has 144 valence electrons. The molecule has 1 heterocycles. The van der Waals surface area contributed by atoms with Crippen LogP contribution in [0.2, 0.25) is 0 Å². The van der Waals surface area contributed by atoms with E-state index in [1.165, 1.54) is 12.1 Å². The van der Waals surface area contributed by atoms with Crippen molar-refractivity contribution in [3.8, 4) is 5.75 Å². The normalized spacial score (nSPS) is 15.5. The summed E-state index contributed by atoms with van der Waals surface area (Å²) in [5.74, 6) is -0.403. The van der Waals surface area contributed by atoms with Crippen LogP contribution in [0.4, 0.5) is 5.69 Å². The van der Waals surface area contributed by atoms with Gasteiger partial charge < -0.3 is 9.50 Å². The van der Waals surface area contributed by atoms with Gasteiger partial charge in [-0.2, -0.15) is 8.42 Å². The molecule has 1 fully saturated rings. The molecule has 28 heavy (non-hydrogen) atoms. The minimum Gasteiger partial charge on any atom is -0.378 e. The largest absolute Gasteiger partial charge is 0.378 e. The molecule has 0 unspecified atom stereocenters. The molecule has 0 bridgehead atoms. The molecule has 1 amide bonds. The maximum Gasteiger partial charge on any atom is 0.339 e. The lowest BCUT2D eigenvalue weighted by atomic mass is 10.2. The van der Waals surface area contributed by atoms with Crippen molar-refractivity contribution in [1.82, 2.24) is 5.32 Å². The first-order valence-electron chi connectivity index (χ1n) is 7.39. The maximum absolute atomic E-state index is 12.5. The molecule has 1 aliphatic heterocycles. The second-order valence-electron chi connectivity index (χ2n) is 5.32. The van der Waals surface area contributed by atoms with E-state index in [0.29, 0.717) is 19.3 Å². The van der Waals surface area contributed by atoms with Crippen LogP contribution in [-0.2, 0) is 14.9 Å². The Balaban J connectivity index is 1.96. The summed E-state index contributed by atoms with van der Waals surface area (Å²) < 4.78 is 31.2. The third-order valence-corrected chi connectivity index (χ3v) is 6.34. The van der Waals surface area contributed by atoms with Crippen molar-refractivity contribution in [1.29, 1.82) is 0 Å². The summed E-state index contributed by atoms with van der Waals surface area (Å²) in [5.41, 5.74) is 0.0930. The number of halogens is 1. The average Bonchev–Trinajstić information content (AvgIpc) is 2.94. The van der Waals surface area contributed by atoms with Crippen LogP contribution in [0.15, 0.2) is 56.7 Å². The standard InChI is InChI=1S/C16H9BrN2O6S3/c17-10-1-6-13(9(7-10)8-14-15(20)18-16(26)27-14)25-28(23,24)12-4-2-11(3-5-12)19(21)22/h1-8H,(H,18,20,26)/b14-8-. The number of carbonyl (C=O) groups excluding carboxylic acids is 1. The number of non-ortho nitro benzene ring substituents is 1. The van der Waals surface area contributed by atoms with Gasteiger partial charge in [0.1, 0.15) is 15.0 Å². The van der Waals surface area contributed by atoms with Gasteiger partial charge in [-0.3, -0.25) is 14.9 Å². The second kappa shape index (κ2) is 7.99. The molecule has 1 aliphatic rings. The van der Waals surface area contributed by atoms with Gasteiger partial charge in [0.2, 0.25) is 0 Å². The topological polar surface area (TPSA) is 116 Å². The first kappa shape index (κ1) is 20.5. The molecule has 0 saturated carbocycles. The number of nitrogens with zero attached hydrogens (tertiary/aromatic N) is 1. The van der Waals surface area contributed by atoms with E-state index in [1.54, 1.807) is 12.1 Å². The van der Waals surface area contributed by atoms with E-state index >= 15 is 0 Å². The average molecular weight is 501 g/mol. The van der Waals surface area contributed by atoms with E-state index in [0.717, 1.165) is 36.0 Å². The lowest BCUT2D eigenvalue weighted by molar-refractivity contribution is -0.384. The predicted octanol–water partition coefficient (Wildman–Crippen LogP) is 3.61. The number of nitro benzene ring substituents is 1. The number of thioether (sulfide) groups is 1. The summed E-state index contributed by atoms with van der Waals surface area (Å²) in [6.07, 6.45) is 1.46. The highest BCUT2D eigenvalue weighted by molar-refractivity contribution is 9.10. The van der Waals surface area contributed by atoms with Crippen molar-refractivity contribution in [2.24, 2.45) is 0 Å². The summed E-state index contributed by atoms with van der Waals surface area (Å²) in [7, 11) is -4.25. The quantitative estimate of drug-likeness (QED) is 0.217. The number of nitro groups is 1. The van der Waals surface area contributed by atoms with Crippen molar-refractivity contribution >= 4 is 72.0 Å². The van der Waals surface area contributed by atoms with Gasteiger partial charge >= 0.3 is 10.1 Å². The fourth-order valence-corrected chi connectivity index (χ4v) is 4.54. The lowest BCUT2D eigenvalue weighted by Gasteiger charge is -2.10. The van der Waals surface area contributed by atoms with Gasteiger partial charge in [-0.1, -0.05) is 39.9 Å². The Morgan fingerprint density at radius 1 is 1.21 bits per heavy atom. The monoisotopic (exact) mass is 500 g/mol. The van der Waals surface area contributed by atoms with Crippen LogP contribution in [0.25, 0.3) is 6.08 Å². The molecule has 0 aliphatic carbocycles. The van der Waals surface area contributed by atoms with Crippen LogP contribution in [0.3, 0.4) is 0 Å². The number of carbonyl (C=O) groups is 1. The summed E-state index contributed by atoms with van der Waals surface area (Å²) in [6, 6.07) is 8.90. The van der Waals surface area contributed by atoms with Crippen LogP contribution >= 0.6 is 39.9 Å². The summed E-state index contributed by atoms with van der Waals surface area (Å²) in [4.78, 5) is 22.0. The zero-order valence-corrected chi connectivity index (χ0v) is 17.7. The summed E-state index contributed by atoms with van der Waals surface area (Å²) in [5, 5.41) is 13.2. The lowest BCUT2D eigenvalue weighted by Crippen LogP contribution is -2.17. The summed E-state index contributed by atoms with van der Waals surface area (Å²) in [6.45, 7) is 0. The molecule has 0 radical (unpaired) electrons. The molecule has 0 aromatic heterocycles. The number of nitrogens with one attached hydrogen (secondary N) is 1. The Morgan fingerprint density at radius 2 is 1.89 bits per heavy atom. The Morgan fingerprint density at radius 3 is 2.46 bits per heavy atom. The van der Waals surface area contributed by atoms with E-state index in [1.807, 2.05) is 0 Å². The van der Waals surface area contributed by atoms with Crippen molar-refractivity contribution in [3.05, 3.63) is 67.5 Å². The van der Waals surface area contributed by atoms with Gasteiger partial charge in [-0.25, -0.2) is 0 Å². The minimum absolute atomic E-state index is 0.0136. The van der Waals surface area contributed by atoms with E-state index in [9.17, 15) is 23.3 Å². The molecule has 1 N–H and O–H groups in total. The third kappa shape index (κ3) is 4.58.